The molecular formula is C19H17F6N3S. The van der Waals surface area contributed by atoms with Gasteiger partial charge in [0.25, 0.3) is 0 Å². The van der Waals surface area contributed by atoms with E-state index in [0.717, 1.165) is 11.1 Å². The number of rotatable bonds is 3. The van der Waals surface area contributed by atoms with E-state index in [2.05, 4.69) is 10.6 Å². The SMILES string of the molecule is N[C@@H]1Cc2ccccc2[C@H]1CNC(=S)Nc1cc(C(F)(F)F)cc(C(F)(F)F)c1. The molecule has 2 atom stereocenters. The highest BCUT2D eigenvalue weighted by Gasteiger charge is 2.37. The van der Waals surface area contributed by atoms with Crippen LogP contribution in [-0.2, 0) is 18.8 Å². The largest absolute Gasteiger partial charge is 0.416 e. The van der Waals surface area contributed by atoms with Crippen molar-refractivity contribution in [3.05, 3.63) is 64.7 Å². The van der Waals surface area contributed by atoms with Gasteiger partial charge in [0.15, 0.2) is 5.11 Å². The van der Waals surface area contributed by atoms with Crippen LogP contribution in [0.15, 0.2) is 42.5 Å². The Kier molecular flexibility index (Phi) is 5.77. The highest BCUT2D eigenvalue weighted by atomic mass is 32.1. The van der Waals surface area contributed by atoms with Crippen LogP contribution >= 0.6 is 12.2 Å². The molecule has 0 spiro atoms. The molecule has 4 N–H and O–H groups in total. The van der Waals surface area contributed by atoms with Gasteiger partial charge in [0.2, 0.25) is 0 Å². The van der Waals surface area contributed by atoms with E-state index in [9.17, 15) is 26.3 Å². The number of nitrogens with one attached hydrogen (secondary N) is 2. The number of nitrogens with two attached hydrogens (primary N) is 1. The van der Waals surface area contributed by atoms with Crippen molar-refractivity contribution in [2.75, 3.05) is 11.9 Å². The van der Waals surface area contributed by atoms with Gasteiger partial charge < -0.3 is 16.4 Å². The fourth-order valence-corrected chi connectivity index (χ4v) is 3.58. The quantitative estimate of drug-likeness (QED) is 0.486. The van der Waals surface area contributed by atoms with Gasteiger partial charge >= 0.3 is 12.4 Å². The Morgan fingerprint density at radius 3 is 2.17 bits per heavy atom. The molecule has 156 valence electrons. The first-order chi connectivity index (χ1) is 13.4. The highest BCUT2D eigenvalue weighted by Crippen LogP contribution is 2.37. The second-order valence-electron chi connectivity index (χ2n) is 6.80. The summed E-state index contributed by atoms with van der Waals surface area (Å²) in [5, 5.41) is 5.16. The molecule has 0 bridgehead atoms. The average molecular weight is 433 g/mol. The first kappa shape index (κ1) is 21.4. The van der Waals surface area contributed by atoms with Crippen LogP contribution < -0.4 is 16.4 Å². The van der Waals surface area contributed by atoms with Gasteiger partial charge in [-0.2, -0.15) is 26.3 Å². The minimum Gasteiger partial charge on any atom is -0.362 e. The maximum Gasteiger partial charge on any atom is 0.416 e. The van der Waals surface area contributed by atoms with Crippen molar-refractivity contribution in [3.8, 4) is 0 Å². The maximum atomic E-state index is 13.0. The van der Waals surface area contributed by atoms with Gasteiger partial charge in [-0.3, -0.25) is 0 Å². The highest BCUT2D eigenvalue weighted by molar-refractivity contribution is 7.80. The Labute approximate surface area is 168 Å². The zero-order valence-corrected chi connectivity index (χ0v) is 15.7. The Morgan fingerprint density at radius 2 is 1.59 bits per heavy atom. The van der Waals surface area contributed by atoms with Crippen LogP contribution in [0.4, 0.5) is 32.0 Å². The van der Waals surface area contributed by atoms with Crippen molar-refractivity contribution in [2.45, 2.75) is 30.7 Å². The predicted octanol–water partition coefficient (Wildman–Crippen LogP) is 4.68. The van der Waals surface area contributed by atoms with Crippen LogP contribution in [0.5, 0.6) is 0 Å². The molecule has 0 saturated carbocycles. The van der Waals surface area contributed by atoms with Crippen molar-refractivity contribution < 1.29 is 26.3 Å². The van der Waals surface area contributed by atoms with Gasteiger partial charge in [-0.1, -0.05) is 24.3 Å². The second-order valence-corrected chi connectivity index (χ2v) is 7.21. The van der Waals surface area contributed by atoms with E-state index >= 15 is 0 Å². The minimum atomic E-state index is -4.92. The van der Waals surface area contributed by atoms with Gasteiger partial charge in [-0.05, 0) is 48.0 Å². The van der Waals surface area contributed by atoms with Crippen LogP contribution in [-0.4, -0.2) is 17.7 Å². The predicted molar refractivity (Wildman–Crippen MR) is 102 cm³/mol. The van der Waals surface area contributed by atoms with Crippen molar-refractivity contribution >= 4 is 23.0 Å². The third-order valence-corrected chi connectivity index (χ3v) is 5.00. The molecule has 2 aromatic carbocycles. The van der Waals surface area contributed by atoms with Crippen molar-refractivity contribution in [2.24, 2.45) is 5.73 Å². The molecule has 1 aliphatic carbocycles. The fourth-order valence-electron chi connectivity index (χ4n) is 3.38. The van der Waals surface area contributed by atoms with E-state index < -0.39 is 29.2 Å². The third-order valence-electron chi connectivity index (χ3n) is 4.76. The molecular weight excluding hydrogens is 416 g/mol. The van der Waals surface area contributed by atoms with E-state index in [1.807, 2.05) is 24.3 Å². The zero-order valence-electron chi connectivity index (χ0n) is 14.9. The molecule has 0 saturated heterocycles. The number of thiocarbonyl (C=S) groups is 1. The van der Waals surface area contributed by atoms with Crippen LogP contribution in [0.1, 0.15) is 28.2 Å². The number of halogens is 6. The van der Waals surface area contributed by atoms with Crippen molar-refractivity contribution in [1.29, 1.82) is 0 Å². The normalized spacial score (nSPS) is 19.0. The number of hydrogen-bond donors (Lipinski definition) is 3. The Hall–Kier alpha value is -2.33. The topological polar surface area (TPSA) is 50.1 Å². The summed E-state index contributed by atoms with van der Waals surface area (Å²) >= 11 is 5.06. The van der Waals surface area contributed by atoms with Gasteiger partial charge in [-0.25, -0.2) is 0 Å². The summed E-state index contributed by atoms with van der Waals surface area (Å²) in [4.78, 5) is 0. The lowest BCUT2D eigenvalue weighted by molar-refractivity contribution is -0.143. The second kappa shape index (κ2) is 7.83. The van der Waals surface area contributed by atoms with E-state index in [4.69, 9.17) is 18.0 Å². The van der Waals surface area contributed by atoms with Crippen LogP contribution in [0.3, 0.4) is 0 Å². The molecule has 3 rings (SSSR count). The standard InChI is InChI=1S/C19H17F6N3S/c20-18(21,22)11-6-12(19(23,24)25)8-13(7-11)28-17(29)27-9-15-14-4-2-1-3-10(14)5-16(15)26/h1-4,6-8,15-16H,5,9,26H2,(H2,27,28,29)/t15-,16-/m1/s1. The number of fused-ring (bicyclic) bond motifs is 1. The molecule has 0 fully saturated rings. The summed E-state index contributed by atoms with van der Waals surface area (Å²) in [5.74, 6) is -0.0711. The molecule has 2 aromatic rings. The lowest BCUT2D eigenvalue weighted by atomic mass is 9.99. The molecule has 1 aliphatic rings. The van der Waals surface area contributed by atoms with Gasteiger partial charge in [0.1, 0.15) is 0 Å². The average Bonchev–Trinajstić information content (AvgIpc) is 2.93. The zero-order chi connectivity index (χ0) is 21.4. The Balaban J connectivity index is 1.72. The summed E-state index contributed by atoms with van der Waals surface area (Å²) < 4.78 is 77.7. The smallest absolute Gasteiger partial charge is 0.362 e. The maximum absolute atomic E-state index is 13.0. The molecule has 0 heterocycles. The third kappa shape index (κ3) is 4.99. The van der Waals surface area contributed by atoms with Gasteiger partial charge in [-0.15, -0.1) is 0 Å². The Morgan fingerprint density at radius 1 is 1.00 bits per heavy atom. The van der Waals surface area contributed by atoms with E-state index in [0.29, 0.717) is 25.1 Å². The Bertz CT molecular complexity index is 877. The molecule has 10 heteroatoms. The molecule has 0 aromatic heterocycles. The summed E-state index contributed by atoms with van der Waals surface area (Å²) in [6, 6.07) is 8.75. The van der Waals surface area contributed by atoms with E-state index in [1.165, 1.54) is 0 Å². The summed E-state index contributed by atoms with van der Waals surface area (Å²) in [7, 11) is 0. The number of alkyl halides is 6. The molecule has 0 radical (unpaired) electrons. The first-order valence-corrected chi connectivity index (χ1v) is 9.03. The number of benzene rings is 2. The van der Waals surface area contributed by atoms with Crippen LogP contribution in [0.2, 0.25) is 0 Å². The van der Waals surface area contributed by atoms with Gasteiger partial charge in [0, 0.05) is 24.2 Å². The van der Waals surface area contributed by atoms with Crippen molar-refractivity contribution in [1.82, 2.24) is 5.32 Å². The fraction of sp³-hybridized carbons (Fsp3) is 0.316. The lowest BCUT2D eigenvalue weighted by Gasteiger charge is -2.20. The van der Waals surface area contributed by atoms with Gasteiger partial charge in [0.05, 0.1) is 11.1 Å². The number of hydrogen-bond acceptors (Lipinski definition) is 2. The van der Waals surface area contributed by atoms with Crippen LogP contribution in [0.25, 0.3) is 0 Å². The minimum absolute atomic E-state index is 0.0656. The summed E-state index contributed by atoms with van der Waals surface area (Å²) in [5.41, 5.74) is 5.08. The molecule has 29 heavy (non-hydrogen) atoms. The van der Waals surface area contributed by atoms with Crippen LogP contribution in [0, 0.1) is 0 Å². The molecule has 0 unspecified atom stereocenters. The van der Waals surface area contributed by atoms with E-state index in [-0.39, 0.29) is 23.1 Å². The van der Waals surface area contributed by atoms with E-state index in [1.54, 1.807) is 0 Å². The first-order valence-electron chi connectivity index (χ1n) is 8.63. The van der Waals surface area contributed by atoms with Crippen molar-refractivity contribution in [3.63, 3.8) is 0 Å². The summed E-state index contributed by atoms with van der Waals surface area (Å²) in [6.07, 6.45) is -9.16. The lowest BCUT2D eigenvalue weighted by Crippen LogP contribution is -2.37. The summed E-state index contributed by atoms with van der Waals surface area (Å²) in [6.45, 7) is 0.301. The monoisotopic (exact) mass is 433 g/mol. The molecule has 0 aliphatic heterocycles. The number of anilines is 1. The molecule has 3 nitrogen and oxygen atoms in total. The molecule has 0 amide bonds.